The molecule has 0 aromatic heterocycles. The third-order valence-corrected chi connectivity index (χ3v) is 5.97. The van der Waals surface area contributed by atoms with Gasteiger partial charge < -0.3 is 14.5 Å². The van der Waals surface area contributed by atoms with Crippen LogP contribution >= 0.6 is 0 Å². The number of benzene rings is 2. The summed E-state index contributed by atoms with van der Waals surface area (Å²) in [6, 6.07) is 14.9. The number of carbonyl (C=O) groups excluding carboxylic acids is 2. The summed E-state index contributed by atoms with van der Waals surface area (Å²) in [5, 5.41) is 0. The minimum absolute atomic E-state index is 0.0425. The van der Waals surface area contributed by atoms with Crippen LogP contribution in [0.3, 0.4) is 0 Å². The predicted molar refractivity (Wildman–Crippen MR) is 107 cm³/mol. The lowest BCUT2D eigenvalue weighted by atomic mass is 9.79. The van der Waals surface area contributed by atoms with Crippen LogP contribution in [0.15, 0.2) is 48.5 Å². The highest BCUT2D eigenvalue weighted by Gasteiger charge is 2.44. The zero-order valence-corrected chi connectivity index (χ0v) is 16.4. The average molecular weight is 378 g/mol. The van der Waals surface area contributed by atoms with Crippen molar-refractivity contribution in [1.29, 1.82) is 0 Å². The van der Waals surface area contributed by atoms with Gasteiger partial charge >= 0.3 is 0 Å². The smallest absolute Gasteiger partial charge is 0.254 e. The largest absolute Gasteiger partial charge is 0.497 e. The lowest BCUT2D eigenvalue weighted by Gasteiger charge is -2.42. The van der Waals surface area contributed by atoms with E-state index in [1.807, 2.05) is 53.4 Å². The Morgan fingerprint density at radius 2 is 1.68 bits per heavy atom. The Morgan fingerprint density at radius 3 is 2.36 bits per heavy atom. The molecule has 2 atom stereocenters. The first-order chi connectivity index (χ1) is 13.6. The maximum atomic E-state index is 13.6. The fraction of sp³-hybridized carbons (Fsp3) is 0.391. The second-order valence-corrected chi connectivity index (χ2v) is 7.58. The van der Waals surface area contributed by atoms with E-state index in [0.717, 1.165) is 42.8 Å². The molecule has 1 saturated heterocycles. The van der Waals surface area contributed by atoms with Gasteiger partial charge in [0.15, 0.2) is 0 Å². The van der Waals surface area contributed by atoms with Crippen molar-refractivity contribution in [3.05, 3.63) is 65.2 Å². The van der Waals surface area contributed by atoms with E-state index in [4.69, 9.17) is 4.74 Å². The van der Waals surface area contributed by atoms with Crippen LogP contribution in [0.1, 0.15) is 52.7 Å². The van der Waals surface area contributed by atoms with Crippen molar-refractivity contribution in [3.63, 3.8) is 0 Å². The summed E-state index contributed by atoms with van der Waals surface area (Å²) in [5.41, 5.74) is 2.41. The number of likely N-dealkylation sites (tertiary alicyclic amines) is 1. The summed E-state index contributed by atoms with van der Waals surface area (Å²) < 4.78 is 5.27. The molecule has 0 unspecified atom stereocenters. The van der Waals surface area contributed by atoms with E-state index in [2.05, 4.69) is 0 Å². The van der Waals surface area contributed by atoms with Crippen LogP contribution in [0.4, 0.5) is 0 Å². The Hall–Kier alpha value is -2.82. The number of carbonyl (C=O) groups is 2. The zero-order valence-electron chi connectivity index (χ0n) is 16.4. The van der Waals surface area contributed by atoms with E-state index in [-0.39, 0.29) is 17.9 Å². The van der Waals surface area contributed by atoms with Crippen LogP contribution in [0, 0.1) is 0 Å². The standard InChI is InChI=1S/C23H26N2O3/c1-24-21(16-10-12-17(28-2)13-11-16)20(23(27)25-14-6-3-7-15-25)18-8-4-5-9-19(18)22(24)26/h4-5,8-13,20-21H,3,6-7,14-15H2,1-2H3/t20-,21-/m0/s1. The number of ether oxygens (including phenoxy) is 1. The first-order valence-electron chi connectivity index (χ1n) is 9.90. The van der Waals surface area contributed by atoms with Gasteiger partial charge in [-0.05, 0) is 48.6 Å². The summed E-state index contributed by atoms with van der Waals surface area (Å²) in [4.78, 5) is 30.4. The van der Waals surface area contributed by atoms with Gasteiger partial charge in [-0.2, -0.15) is 0 Å². The summed E-state index contributed by atoms with van der Waals surface area (Å²) >= 11 is 0. The molecular weight excluding hydrogens is 352 g/mol. The summed E-state index contributed by atoms with van der Waals surface area (Å²) in [6.07, 6.45) is 3.26. The molecule has 2 aromatic rings. The lowest BCUT2D eigenvalue weighted by Crippen LogP contribution is -2.48. The molecule has 28 heavy (non-hydrogen) atoms. The fourth-order valence-electron chi connectivity index (χ4n) is 4.47. The summed E-state index contributed by atoms with van der Waals surface area (Å²) in [7, 11) is 3.42. The van der Waals surface area contributed by atoms with Crippen LogP contribution in [-0.4, -0.2) is 48.9 Å². The average Bonchev–Trinajstić information content (AvgIpc) is 2.76. The Balaban J connectivity index is 1.80. The van der Waals surface area contributed by atoms with Gasteiger partial charge in [0.25, 0.3) is 5.91 Å². The highest BCUT2D eigenvalue weighted by atomic mass is 16.5. The van der Waals surface area contributed by atoms with Crippen LogP contribution in [0.25, 0.3) is 0 Å². The van der Waals surface area contributed by atoms with Crippen molar-refractivity contribution in [2.45, 2.75) is 31.2 Å². The third-order valence-electron chi connectivity index (χ3n) is 5.97. The van der Waals surface area contributed by atoms with Gasteiger partial charge in [-0.3, -0.25) is 9.59 Å². The summed E-state index contributed by atoms with van der Waals surface area (Å²) in [6.45, 7) is 1.59. The maximum Gasteiger partial charge on any atom is 0.254 e. The van der Waals surface area contributed by atoms with E-state index >= 15 is 0 Å². The van der Waals surface area contributed by atoms with Gasteiger partial charge in [-0.25, -0.2) is 0 Å². The van der Waals surface area contributed by atoms with Gasteiger partial charge in [-0.15, -0.1) is 0 Å². The van der Waals surface area contributed by atoms with E-state index in [9.17, 15) is 9.59 Å². The van der Waals surface area contributed by atoms with Gasteiger partial charge in [0.1, 0.15) is 5.75 Å². The minimum Gasteiger partial charge on any atom is -0.497 e. The molecule has 0 bridgehead atoms. The summed E-state index contributed by atoms with van der Waals surface area (Å²) in [5.74, 6) is 0.435. The van der Waals surface area contributed by atoms with Crippen molar-refractivity contribution in [1.82, 2.24) is 9.80 Å². The molecule has 2 aromatic carbocycles. The number of hydrogen-bond donors (Lipinski definition) is 0. The number of hydrogen-bond acceptors (Lipinski definition) is 3. The molecule has 1 fully saturated rings. The molecule has 2 amide bonds. The van der Waals surface area contributed by atoms with Gasteiger partial charge in [0.2, 0.25) is 5.91 Å². The lowest BCUT2D eigenvalue weighted by molar-refractivity contribution is -0.135. The van der Waals surface area contributed by atoms with E-state index in [1.54, 1.807) is 19.1 Å². The highest BCUT2D eigenvalue weighted by Crippen LogP contribution is 2.43. The molecule has 146 valence electrons. The molecule has 5 heteroatoms. The molecule has 0 saturated carbocycles. The van der Waals surface area contributed by atoms with Gasteiger partial charge in [0.05, 0.1) is 19.1 Å². The van der Waals surface area contributed by atoms with Crippen molar-refractivity contribution < 1.29 is 14.3 Å². The second-order valence-electron chi connectivity index (χ2n) is 7.58. The number of methoxy groups -OCH3 is 1. The monoisotopic (exact) mass is 378 g/mol. The van der Waals surface area contributed by atoms with E-state index in [1.165, 1.54) is 6.42 Å². The molecule has 5 nitrogen and oxygen atoms in total. The third kappa shape index (κ3) is 3.15. The number of piperidine rings is 1. The van der Waals surface area contributed by atoms with E-state index in [0.29, 0.717) is 5.56 Å². The number of nitrogens with zero attached hydrogens (tertiary/aromatic N) is 2. The highest BCUT2D eigenvalue weighted by molar-refractivity contribution is 6.01. The number of likely N-dealkylation sites (N-methyl/N-ethyl adjacent to an activating group) is 1. The molecule has 0 radical (unpaired) electrons. The molecular formula is C23H26N2O3. The Labute approximate surface area is 165 Å². The molecule has 4 rings (SSSR count). The van der Waals surface area contributed by atoms with Crippen molar-refractivity contribution in [2.75, 3.05) is 27.2 Å². The number of rotatable bonds is 3. The predicted octanol–water partition coefficient (Wildman–Crippen LogP) is 3.62. The van der Waals surface area contributed by atoms with Crippen molar-refractivity contribution in [3.8, 4) is 5.75 Å². The van der Waals surface area contributed by atoms with Crippen LogP contribution in [-0.2, 0) is 4.79 Å². The SMILES string of the molecule is COc1ccc([C@H]2[C@@H](C(=O)N3CCCCC3)c3ccccc3C(=O)N2C)cc1. The zero-order chi connectivity index (χ0) is 19.7. The molecule has 2 aliphatic rings. The van der Waals surface area contributed by atoms with Crippen LogP contribution < -0.4 is 4.74 Å². The fourth-order valence-corrected chi connectivity index (χ4v) is 4.47. The van der Waals surface area contributed by atoms with E-state index < -0.39 is 5.92 Å². The topological polar surface area (TPSA) is 49.9 Å². The maximum absolute atomic E-state index is 13.6. The first kappa shape index (κ1) is 18.5. The van der Waals surface area contributed by atoms with Crippen LogP contribution in [0.5, 0.6) is 5.75 Å². The quantitative estimate of drug-likeness (QED) is 0.820. The normalized spacial score (nSPS) is 22.0. The number of amides is 2. The minimum atomic E-state index is -0.398. The van der Waals surface area contributed by atoms with Gasteiger partial charge in [0, 0.05) is 25.7 Å². The molecule has 0 aliphatic carbocycles. The first-order valence-corrected chi connectivity index (χ1v) is 9.90. The molecule has 2 heterocycles. The Bertz CT molecular complexity index is 872. The Kier molecular flexibility index (Phi) is 5.07. The molecule has 0 spiro atoms. The second kappa shape index (κ2) is 7.66. The van der Waals surface area contributed by atoms with Crippen molar-refractivity contribution in [2.24, 2.45) is 0 Å². The number of fused-ring (bicyclic) bond motifs is 1. The van der Waals surface area contributed by atoms with Crippen molar-refractivity contribution >= 4 is 11.8 Å². The Morgan fingerprint density at radius 1 is 1.00 bits per heavy atom. The van der Waals surface area contributed by atoms with Crippen LogP contribution in [0.2, 0.25) is 0 Å². The molecule has 0 N–H and O–H groups in total. The molecule has 2 aliphatic heterocycles. The van der Waals surface area contributed by atoms with Gasteiger partial charge in [-0.1, -0.05) is 30.3 Å².